The van der Waals surface area contributed by atoms with E-state index in [-0.39, 0.29) is 13.5 Å². The van der Waals surface area contributed by atoms with Gasteiger partial charge in [0, 0.05) is 19.0 Å². The second-order valence-electron chi connectivity index (χ2n) is 5.35. The first-order valence-corrected chi connectivity index (χ1v) is 5.55. The van der Waals surface area contributed by atoms with Gasteiger partial charge in [-0.25, -0.2) is 4.79 Å². The van der Waals surface area contributed by atoms with Crippen LogP contribution in [0.4, 0.5) is 4.79 Å². The lowest BCUT2D eigenvalue weighted by Crippen LogP contribution is -2.35. The lowest BCUT2D eigenvalue weighted by molar-refractivity contribution is 0.0286. The van der Waals surface area contributed by atoms with E-state index in [1.165, 1.54) is 0 Å². The number of likely N-dealkylation sites (tertiary alicyclic amines) is 1. The van der Waals surface area contributed by atoms with Gasteiger partial charge in [-0.1, -0.05) is 7.43 Å². The van der Waals surface area contributed by atoms with Crippen molar-refractivity contribution in [2.45, 2.75) is 46.3 Å². The molecule has 0 radical (unpaired) electrons. The van der Waals surface area contributed by atoms with Gasteiger partial charge in [-0.15, -0.1) is 0 Å². The van der Waals surface area contributed by atoms with Crippen LogP contribution in [0, 0.1) is 5.92 Å². The average molecular weight is 229 g/mol. The van der Waals surface area contributed by atoms with Crippen LogP contribution in [0.15, 0.2) is 0 Å². The van der Waals surface area contributed by atoms with Crippen LogP contribution in [0.2, 0.25) is 0 Å². The van der Waals surface area contributed by atoms with Crippen molar-refractivity contribution in [3.05, 3.63) is 0 Å². The van der Waals surface area contributed by atoms with E-state index in [2.05, 4.69) is 0 Å². The fourth-order valence-electron chi connectivity index (χ4n) is 1.91. The quantitative estimate of drug-likeness (QED) is 0.648. The normalized spacial score (nSPS) is 28.6. The highest BCUT2D eigenvalue weighted by molar-refractivity contribution is 5.68. The van der Waals surface area contributed by atoms with Gasteiger partial charge in [0.2, 0.25) is 0 Å². The molecule has 2 saturated heterocycles. The molecule has 4 heteroatoms. The maximum atomic E-state index is 11.7. The van der Waals surface area contributed by atoms with Crippen molar-refractivity contribution in [2.24, 2.45) is 5.92 Å². The summed E-state index contributed by atoms with van der Waals surface area (Å²) in [4.78, 5) is 13.5. The van der Waals surface area contributed by atoms with Gasteiger partial charge in [-0.05, 0) is 27.2 Å². The Hall–Kier alpha value is -0.770. The van der Waals surface area contributed by atoms with Gasteiger partial charge in [-0.2, -0.15) is 0 Å². The van der Waals surface area contributed by atoms with Crippen LogP contribution in [0.3, 0.4) is 0 Å². The Balaban J connectivity index is 0.00000128. The molecule has 2 atom stereocenters. The van der Waals surface area contributed by atoms with Crippen LogP contribution in [-0.2, 0) is 9.47 Å². The molecule has 1 amide bonds. The fraction of sp³-hybridized carbons (Fsp3) is 0.917. The number of epoxide rings is 1. The lowest BCUT2D eigenvalue weighted by Gasteiger charge is -2.24. The molecule has 2 heterocycles. The molecule has 0 aromatic carbocycles. The molecule has 2 aliphatic heterocycles. The summed E-state index contributed by atoms with van der Waals surface area (Å²) in [5.41, 5.74) is -0.398. The van der Waals surface area contributed by atoms with E-state index in [9.17, 15) is 4.79 Å². The largest absolute Gasteiger partial charge is 0.444 e. The van der Waals surface area contributed by atoms with E-state index in [4.69, 9.17) is 9.47 Å². The van der Waals surface area contributed by atoms with Crippen molar-refractivity contribution in [1.29, 1.82) is 0 Å². The van der Waals surface area contributed by atoms with Crippen molar-refractivity contribution < 1.29 is 14.3 Å². The highest BCUT2D eigenvalue weighted by Crippen LogP contribution is 2.29. The zero-order valence-corrected chi connectivity index (χ0v) is 9.66. The van der Waals surface area contributed by atoms with Crippen LogP contribution >= 0.6 is 0 Å². The van der Waals surface area contributed by atoms with Gasteiger partial charge in [0.25, 0.3) is 0 Å². The minimum atomic E-state index is -0.398. The Morgan fingerprint density at radius 2 is 2.06 bits per heavy atom. The van der Waals surface area contributed by atoms with Gasteiger partial charge in [0.05, 0.1) is 12.7 Å². The van der Waals surface area contributed by atoms with Gasteiger partial charge >= 0.3 is 6.09 Å². The monoisotopic (exact) mass is 229 g/mol. The van der Waals surface area contributed by atoms with E-state index in [0.29, 0.717) is 12.0 Å². The first-order valence-electron chi connectivity index (χ1n) is 5.55. The van der Waals surface area contributed by atoms with Crippen LogP contribution in [0.5, 0.6) is 0 Å². The highest BCUT2D eigenvalue weighted by Gasteiger charge is 2.39. The maximum Gasteiger partial charge on any atom is 0.410 e. The zero-order valence-electron chi connectivity index (χ0n) is 9.66. The fourth-order valence-corrected chi connectivity index (χ4v) is 1.91. The number of carbonyl (C=O) groups is 1. The van der Waals surface area contributed by atoms with Gasteiger partial charge in [0.15, 0.2) is 0 Å². The van der Waals surface area contributed by atoms with Gasteiger partial charge < -0.3 is 14.4 Å². The molecule has 2 rings (SSSR count). The summed E-state index contributed by atoms with van der Waals surface area (Å²) in [6, 6.07) is 0. The number of hydrogen-bond donors (Lipinski definition) is 0. The summed E-state index contributed by atoms with van der Waals surface area (Å²) >= 11 is 0. The molecule has 16 heavy (non-hydrogen) atoms. The van der Waals surface area contributed by atoms with E-state index in [1.807, 2.05) is 20.8 Å². The summed E-state index contributed by atoms with van der Waals surface area (Å²) < 4.78 is 10.6. The van der Waals surface area contributed by atoms with Crippen molar-refractivity contribution in [2.75, 3.05) is 19.7 Å². The number of ether oxygens (including phenoxy) is 2. The number of rotatable bonds is 1. The third-order valence-electron chi connectivity index (χ3n) is 2.76. The van der Waals surface area contributed by atoms with Crippen molar-refractivity contribution in [1.82, 2.24) is 4.90 Å². The van der Waals surface area contributed by atoms with Crippen LogP contribution in [0.25, 0.3) is 0 Å². The molecule has 0 aliphatic carbocycles. The van der Waals surface area contributed by atoms with Gasteiger partial charge in [0.1, 0.15) is 5.60 Å². The second kappa shape index (κ2) is 4.62. The first kappa shape index (κ1) is 13.3. The number of carbonyl (C=O) groups excluding carboxylic acids is 1. The Morgan fingerprint density at radius 3 is 2.56 bits per heavy atom. The minimum Gasteiger partial charge on any atom is -0.444 e. The molecule has 94 valence electrons. The van der Waals surface area contributed by atoms with Crippen molar-refractivity contribution in [3.8, 4) is 0 Å². The Morgan fingerprint density at radius 1 is 1.44 bits per heavy atom. The number of amides is 1. The highest BCUT2D eigenvalue weighted by atomic mass is 16.6. The third-order valence-corrected chi connectivity index (χ3v) is 2.76. The summed E-state index contributed by atoms with van der Waals surface area (Å²) in [7, 11) is 0. The standard InChI is InChI=1S/C11H19NO3.CH4/c1-11(2,3)15-10(13)12-5-4-8(6-12)9-7-14-9;/h8-9H,4-7H2,1-3H3;1H4. The van der Waals surface area contributed by atoms with E-state index in [1.54, 1.807) is 4.90 Å². The molecule has 0 aromatic heterocycles. The topological polar surface area (TPSA) is 42.1 Å². The molecule has 0 N–H and O–H groups in total. The van der Waals surface area contributed by atoms with Gasteiger partial charge in [-0.3, -0.25) is 0 Å². The zero-order chi connectivity index (χ0) is 11.1. The maximum absolute atomic E-state index is 11.7. The second-order valence-corrected chi connectivity index (χ2v) is 5.35. The summed E-state index contributed by atoms with van der Waals surface area (Å²) in [6.45, 7) is 8.14. The molecule has 2 fully saturated rings. The SMILES string of the molecule is C.CC(C)(C)OC(=O)N1CCC(C2CO2)C1. The smallest absolute Gasteiger partial charge is 0.410 e. The first-order chi connectivity index (χ1) is 6.96. The van der Waals surface area contributed by atoms with Crippen LogP contribution in [0.1, 0.15) is 34.6 Å². The molecule has 0 aromatic rings. The van der Waals surface area contributed by atoms with Crippen molar-refractivity contribution >= 4 is 6.09 Å². The predicted molar refractivity (Wildman–Crippen MR) is 62.4 cm³/mol. The molecule has 0 bridgehead atoms. The van der Waals surface area contributed by atoms with E-state index in [0.717, 1.165) is 26.1 Å². The minimum absolute atomic E-state index is 0. The van der Waals surface area contributed by atoms with E-state index < -0.39 is 5.60 Å². The molecule has 2 aliphatic rings. The van der Waals surface area contributed by atoms with E-state index >= 15 is 0 Å². The average Bonchev–Trinajstić information content (AvgIpc) is 2.81. The number of nitrogens with zero attached hydrogens (tertiary/aromatic N) is 1. The van der Waals surface area contributed by atoms with Crippen LogP contribution in [-0.4, -0.2) is 42.4 Å². The predicted octanol–water partition coefficient (Wildman–Crippen LogP) is 2.28. The molecule has 4 nitrogen and oxygen atoms in total. The lowest BCUT2D eigenvalue weighted by atomic mass is 10.1. The summed E-state index contributed by atoms with van der Waals surface area (Å²) in [5.74, 6) is 0.525. The summed E-state index contributed by atoms with van der Waals surface area (Å²) in [5, 5.41) is 0. The Kier molecular flexibility index (Phi) is 3.84. The summed E-state index contributed by atoms with van der Waals surface area (Å²) in [6.07, 6.45) is 1.26. The molecule has 0 saturated carbocycles. The number of hydrogen-bond acceptors (Lipinski definition) is 3. The van der Waals surface area contributed by atoms with Crippen molar-refractivity contribution in [3.63, 3.8) is 0 Å². The third kappa shape index (κ3) is 3.37. The molecular weight excluding hydrogens is 206 g/mol. The molecule has 2 unspecified atom stereocenters. The molecular formula is C12H23NO3. The Bertz CT molecular complexity index is 255. The Labute approximate surface area is 97.9 Å². The molecule has 0 spiro atoms. The van der Waals surface area contributed by atoms with Crippen LogP contribution < -0.4 is 0 Å².